The van der Waals surface area contributed by atoms with Gasteiger partial charge in [0, 0.05) is 4.91 Å². The van der Waals surface area contributed by atoms with Crippen molar-refractivity contribution in [2.45, 2.75) is 50.3 Å². The van der Waals surface area contributed by atoms with E-state index in [0.29, 0.717) is 0 Å². The number of hydrogen-bond acceptors (Lipinski definition) is 8. The lowest BCUT2D eigenvalue weighted by Crippen LogP contribution is -2.58. The minimum absolute atomic E-state index is 0.186. The van der Waals surface area contributed by atoms with E-state index < -0.39 is 46.6 Å². The first-order valence-electron chi connectivity index (χ1n) is 6.21. The second-order valence-electron chi connectivity index (χ2n) is 5.31. The fourth-order valence-corrected chi connectivity index (χ4v) is 2.95. The van der Waals surface area contributed by atoms with Crippen LogP contribution in [0, 0.1) is 0 Å². The van der Waals surface area contributed by atoms with Crippen molar-refractivity contribution in [2.24, 2.45) is 5.11 Å². The molecule has 11 heteroatoms. The fraction of sp³-hybridized carbons (Fsp3) is 1.00. The van der Waals surface area contributed by atoms with Crippen molar-refractivity contribution in [1.29, 1.82) is 0 Å². The lowest BCUT2D eigenvalue weighted by atomic mass is 9.99. The van der Waals surface area contributed by atoms with Crippen LogP contribution in [0.25, 0.3) is 10.4 Å². The molecule has 120 valence electrons. The van der Waals surface area contributed by atoms with Gasteiger partial charge in [0.2, 0.25) is 0 Å². The van der Waals surface area contributed by atoms with Crippen LogP contribution >= 0.6 is 0 Å². The molecule has 0 aromatic carbocycles. The van der Waals surface area contributed by atoms with Gasteiger partial charge in [0.1, 0.15) is 18.3 Å². The van der Waals surface area contributed by atoms with E-state index in [1.54, 1.807) is 13.8 Å². The van der Waals surface area contributed by atoms with E-state index in [-0.39, 0.29) is 6.54 Å². The third-order valence-electron chi connectivity index (χ3n) is 3.05. The largest absolute Gasteiger partial charge is 0.388 e. The highest BCUT2D eigenvalue weighted by Crippen LogP contribution is 2.37. The maximum Gasteiger partial charge on any atom is 0.264 e. The zero-order chi connectivity index (χ0) is 15.8. The quantitative estimate of drug-likeness (QED) is 0.329. The molecule has 21 heavy (non-hydrogen) atoms. The Hall–Kier alpha value is -0.940. The monoisotopic (exact) mass is 323 g/mol. The Kier molecular flexibility index (Phi) is 4.45. The molecule has 2 saturated heterocycles. The molecule has 2 aliphatic rings. The zero-order valence-corrected chi connectivity index (χ0v) is 12.6. The van der Waals surface area contributed by atoms with Crippen LogP contribution in [0.15, 0.2) is 5.11 Å². The van der Waals surface area contributed by atoms with Crippen LogP contribution in [-0.4, -0.2) is 62.8 Å². The van der Waals surface area contributed by atoms with E-state index in [9.17, 15) is 13.5 Å². The molecule has 1 N–H and O–H groups in total. The molecule has 2 aliphatic heterocycles. The van der Waals surface area contributed by atoms with Crippen LogP contribution in [0.1, 0.15) is 13.8 Å². The number of hydrogen-bond donors (Lipinski definition) is 1. The predicted octanol–water partition coefficient (Wildman–Crippen LogP) is -0.121. The van der Waals surface area contributed by atoms with Gasteiger partial charge in [0.05, 0.1) is 18.9 Å². The van der Waals surface area contributed by atoms with Gasteiger partial charge in [-0.1, -0.05) is 5.11 Å². The Morgan fingerprint density at radius 2 is 2.10 bits per heavy atom. The molecule has 2 fully saturated rings. The summed E-state index contributed by atoms with van der Waals surface area (Å²) in [6.07, 6.45) is -4.47. The molecule has 2 heterocycles. The number of aliphatic hydroxyl groups excluding tert-OH is 1. The third-order valence-corrected chi connectivity index (χ3v) is 3.62. The van der Waals surface area contributed by atoms with Crippen LogP contribution < -0.4 is 0 Å². The SMILES string of the molecule is CC1(C)O[C@H]2O[C@H](CN=[N+]=[N-])[C@H](O)[C@H](OS(C)(=O)=O)[C@H]2O1. The molecular formula is C10H17N3O7S. The molecule has 0 radical (unpaired) electrons. The van der Waals surface area contributed by atoms with Gasteiger partial charge in [-0.15, -0.1) is 0 Å². The number of azide groups is 1. The van der Waals surface area contributed by atoms with E-state index in [1.165, 1.54) is 0 Å². The van der Waals surface area contributed by atoms with E-state index in [4.69, 9.17) is 23.9 Å². The number of fused-ring (bicyclic) bond motifs is 1. The van der Waals surface area contributed by atoms with Gasteiger partial charge in [0.15, 0.2) is 12.1 Å². The maximum atomic E-state index is 11.4. The number of ether oxygens (including phenoxy) is 3. The lowest BCUT2D eigenvalue weighted by molar-refractivity contribution is -0.243. The van der Waals surface area contributed by atoms with Gasteiger partial charge in [-0.05, 0) is 19.4 Å². The first-order valence-corrected chi connectivity index (χ1v) is 8.03. The highest BCUT2D eigenvalue weighted by molar-refractivity contribution is 7.86. The van der Waals surface area contributed by atoms with Crippen molar-refractivity contribution in [1.82, 2.24) is 0 Å². The number of rotatable bonds is 4. The van der Waals surface area contributed by atoms with E-state index in [2.05, 4.69) is 10.0 Å². The van der Waals surface area contributed by atoms with Gasteiger partial charge >= 0.3 is 0 Å². The maximum absolute atomic E-state index is 11.4. The summed E-state index contributed by atoms with van der Waals surface area (Å²) in [6.45, 7) is 3.07. The molecule has 0 unspecified atom stereocenters. The molecule has 0 spiro atoms. The minimum Gasteiger partial charge on any atom is -0.388 e. The van der Waals surface area contributed by atoms with E-state index in [1.807, 2.05) is 0 Å². The molecule has 0 amide bonds. The molecular weight excluding hydrogens is 306 g/mol. The normalized spacial score (nSPS) is 38.6. The van der Waals surface area contributed by atoms with Crippen molar-refractivity contribution in [3.05, 3.63) is 10.4 Å². The van der Waals surface area contributed by atoms with Crippen LogP contribution in [0.3, 0.4) is 0 Å². The van der Waals surface area contributed by atoms with Crippen LogP contribution in [-0.2, 0) is 28.5 Å². The van der Waals surface area contributed by atoms with Crippen molar-refractivity contribution in [2.75, 3.05) is 12.8 Å². The molecule has 0 saturated carbocycles. The third kappa shape index (κ3) is 3.83. The smallest absolute Gasteiger partial charge is 0.264 e. The molecule has 2 rings (SSSR count). The van der Waals surface area contributed by atoms with E-state index >= 15 is 0 Å². The summed E-state index contributed by atoms with van der Waals surface area (Å²) in [6, 6.07) is 0. The van der Waals surface area contributed by atoms with Crippen LogP contribution in [0.2, 0.25) is 0 Å². The minimum atomic E-state index is -3.83. The summed E-state index contributed by atoms with van der Waals surface area (Å²) in [5.74, 6) is -1.01. The number of nitrogens with zero attached hydrogens (tertiary/aromatic N) is 3. The van der Waals surface area contributed by atoms with Crippen molar-refractivity contribution in [3.63, 3.8) is 0 Å². The fourth-order valence-electron chi connectivity index (χ4n) is 2.33. The first kappa shape index (κ1) is 16.4. The Labute approximate surface area is 121 Å². The van der Waals surface area contributed by atoms with Gasteiger partial charge in [-0.3, -0.25) is 4.18 Å². The lowest BCUT2D eigenvalue weighted by Gasteiger charge is -2.38. The Morgan fingerprint density at radius 3 is 2.67 bits per heavy atom. The molecule has 10 nitrogen and oxygen atoms in total. The van der Waals surface area contributed by atoms with Crippen molar-refractivity contribution < 1.29 is 31.9 Å². The van der Waals surface area contributed by atoms with E-state index in [0.717, 1.165) is 6.26 Å². The average molecular weight is 323 g/mol. The summed E-state index contributed by atoms with van der Waals surface area (Å²) < 4.78 is 44.1. The van der Waals surface area contributed by atoms with Crippen molar-refractivity contribution in [3.8, 4) is 0 Å². The van der Waals surface area contributed by atoms with Gasteiger partial charge < -0.3 is 19.3 Å². The van der Waals surface area contributed by atoms with Gasteiger partial charge in [-0.25, -0.2) is 0 Å². The van der Waals surface area contributed by atoms with Crippen molar-refractivity contribution >= 4 is 10.1 Å². The molecule has 0 bridgehead atoms. The summed E-state index contributed by atoms with van der Waals surface area (Å²) in [5.41, 5.74) is 8.34. The molecule has 0 aliphatic carbocycles. The zero-order valence-electron chi connectivity index (χ0n) is 11.7. The Morgan fingerprint density at radius 1 is 1.43 bits per heavy atom. The summed E-state index contributed by atoms with van der Waals surface area (Å²) in [7, 11) is -3.83. The van der Waals surface area contributed by atoms with Crippen LogP contribution in [0.5, 0.6) is 0 Å². The average Bonchev–Trinajstić information content (AvgIpc) is 2.64. The molecule has 0 aromatic rings. The summed E-state index contributed by atoms with van der Waals surface area (Å²) in [5, 5.41) is 13.5. The summed E-state index contributed by atoms with van der Waals surface area (Å²) >= 11 is 0. The standard InChI is InChI=1S/C10H17N3O7S/c1-10(2)18-8-7(20-21(3,15)16)6(14)5(4-12-13-11)17-9(8)19-10/h5-9,14H,4H2,1-3H3/t5-,6+,7+,8-,9-/m1/s1. The van der Waals surface area contributed by atoms with Gasteiger partial charge in [0.25, 0.3) is 10.1 Å². The molecule has 5 atom stereocenters. The second-order valence-corrected chi connectivity index (χ2v) is 6.91. The van der Waals surface area contributed by atoms with Crippen LogP contribution in [0.4, 0.5) is 0 Å². The Balaban J connectivity index is 2.26. The topological polar surface area (TPSA) is 140 Å². The predicted molar refractivity (Wildman–Crippen MR) is 68.4 cm³/mol. The highest BCUT2D eigenvalue weighted by atomic mass is 32.2. The first-order chi connectivity index (χ1) is 9.63. The Bertz CT molecular complexity index is 545. The van der Waals surface area contributed by atoms with Gasteiger partial charge in [-0.2, -0.15) is 8.42 Å². The molecule has 0 aromatic heterocycles. The highest BCUT2D eigenvalue weighted by Gasteiger charge is 2.55. The number of aliphatic hydroxyl groups is 1. The summed E-state index contributed by atoms with van der Waals surface area (Å²) in [4.78, 5) is 2.58. The second kappa shape index (κ2) is 5.69.